The zero-order chi connectivity index (χ0) is 60.7. The molecule has 2 aliphatic carbocycles. The first-order valence-electron chi connectivity index (χ1n) is 31.7. The summed E-state index contributed by atoms with van der Waals surface area (Å²) in [5, 5.41) is 12.9. The first-order chi connectivity index (χ1) is 41.8. The average molecular weight is 1180 g/mol. The van der Waals surface area contributed by atoms with Gasteiger partial charge in [-0.15, -0.1) is 0 Å². The number of nitrogens with zero attached hydrogens (tertiary/aromatic N) is 7. The van der Waals surface area contributed by atoms with Crippen LogP contribution in [0, 0.1) is 24.6 Å². The number of likely N-dealkylation sites (tertiary alicyclic amines) is 3. The summed E-state index contributed by atoms with van der Waals surface area (Å²) < 4.78 is 18.1. The normalized spacial score (nSPS) is 24.7. The largest absolute Gasteiger partial charge is 0.382 e. The van der Waals surface area contributed by atoms with Crippen molar-refractivity contribution in [3.63, 3.8) is 0 Å². The van der Waals surface area contributed by atoms with E-state index in [2.05, 4.69) is 61.6 Å². The summed E-state index contributed by atoms with van der Waals surface area (Å²) in [5.41, 5.74) is 5.22. The van der Waals surface area contributed by atoms with Crippen molar-refractivity contribution in [2.45, 2.75) is 166 Å². The van der Waals surface area contributed by atoms with Crippen LogP contribution in [0.1, 0.15) is 166 Å². The molecular weight excluding hydrogens is 1110 g/mol. The molecule has 8 heterocycles. The lowest BCUT2D eigenvalue weighted by Crippen LogP contribution is -2.58. The molecule has 4 N–H and O–H groups in total. The molecule has 2 saturated carbocycles. The Hall–Kier alpha value is -8.00. The number of hydrogen-bond donors (Lipinski definition) is 4. The van der Waals surface area contributed by atoms with Crippen molar-refractivity contribution in [1.82, 2.24) is 39.8 Å². The summed E-state index contributed by atoms with van der Waals surface area (Å²) in [6, 6.07) is 17.5. The first-order valence-corrected chi connectivity index (χ1v) is 31.7. The molecule has 2 unspecified atom stereocenters. The number of hydrogen-bond acceptors (Lipinski definition) is 12. The highest BCUT2D eigenvalue weighted by atomic mass is 19.1. The maximum Gasteiger partial charge on any atom is 0.264 e. The molecule has 87 heavy (non-hydrogen) atoms. The quantitative estimate of drug-likeness (QED) is 0.0814. The molecule has 5 aromatic rings. The highest BCUT2D eigenvalue weighted by Crippen LogP contribution is 2.53. The zero-order valence-electron chi connectivity index (χ0n) is 50.4. The van der Waals surface area contributed by atoms with Crippen LogP contribution in [0.3, 0.4) is 0 Å². The minimum atomic E-state index is -1.06. The van der Waals surface area contributed by atoms with Crippen LogP contribution in [-0.2, 0) is 29.4 Å². The van der Waals surface area contributed by atoms with Crippen LogP contribution >= 0.6 is 0 Å². The minimum Gasteiger partial charge on any atom is -0.382 e. The fourth-order valence-corrected chi connectivity index (χ4v) is 15.4. The van der Waals surface area contributed by atoms with Gasteiger partial charge in [-0.1, -0.05) is 24.6 Å². The molecular formula is C67H78FN11O8. The van der Waals surface area contributed by atoms with Crippen molar-refractivity contribution in [2.75, 3.05) is 54.8 Å². The van der Waals surface area contributed by atoms with Crippen LogP contribution in [-0.4, -0.2) is 146 Å². The Bertz CT molecular complexity index is 3660. The van der Waals surface area contributed by atoms with E-state index in [1.54, 1.807) is 31.2 Å². The predicted molar refractivity (Wildman–Crippen MR) is 327 cm³/mol. The number of carbonyl (C=O) groups excluding carboxylic acids is 8. The number of anilines is 4. The number of imide groups is 2. The summed E-state index contributed by atoms with van der Waals surface area (Å²) >= 11 is 0. The van der Waals surface area contributed by atoms with Crippen LogP contribution in [0.5, 0.6) is 0 Å². The average Bonchev–Trinajstić information content (AvgIpc) is 1.58. The molecule has 8 amide bonds. The summed E-state index contributed by atoms with van der Waals surface area (Å²) in [6.07, 6.45) is 11.6. The van der Waals surface area contributed by atoms with Gasteiger partial charge in [-0.05, 0) is 178 Å². The number of aryl methyl sites for hydroxylation is 1. The van der Waals surface area contributed by atoms with Gasteiger partial charge < -0.3 is 40.1 Å². The molecule has 4 saturated heterocycles. The Labute approximate surface area is 506 Å². The van der Waals surface area contributed by atoms with Gasteiger partial charge in [0.25, 0.3) is 17.7 Å². The molecule has 2 aromatic heterocycles. The van der Waals surface area contributed by atoms with Crippen molar-refractivity contribution in [3.8, 4) is 11.3 Å². The van der Waals surface area contributed by atoms with Gasteiger partial charge in [-0.3, -0.25) is 48.6 Å². The van der Waals surface area contributed by atoms with E-state index in [0.717, 1.165) is 58.5 Å². The summed E-state index contributed by atoms with van der Waals surface area (Å²) in [7, 11) is 0. The number of carbonyl (C=O) groups is 8. The van der Waals surface area contributed by atoms with E-state index >= 15 is 9.18 Å². The molecule has 6 fully saturated rings. The van der Waals surface area contributed by atoms with E-state index in [1.807, 2.05) is 48.0 Å². The second-order valence-electron chi connectivity index (χ2n) is 26.3. The molecule has 8 aliphatic rings. The minimum absolute atomic E-state index is 0.0200. The third kappa shape index (κ3) is 10.4. The van der Waals surface area contributed by atoms with Crippen LogP contribution in [0.2, 0.25) is 0 Å². The van der Waals surface area contributed by atoms with Crippen molar-refractivity contribution in [3.05, 3.63) is 100 Å². The van der Waals surface area contributed by atoms with Gasteiger partial charge in [-0.2, -0.15) is 0 Å². The van der Waals surface area contributed by atoms with Crippen LogP contribution < -0.4 is 26.2 Å². The fraction of sp³-hybridized carbons (Fsp3) is 0.507. The molecule has 2 atom stereocenters. The monoisotopic (exact) mass is 1180 g/mol. The van der Waals surface area contributed by atoms with Gasteiger partial charge in [0, 0.05) is 103 Å². The molecule has 0 bridgehead atoms. The lowest BCUT2D eigenvalue weighted by Gasteiger charge is -2.48. The molecule has 20 heteroatoms. The number of fused-ring (bicyclic) bond motifs is 4. The summed E-state index contributed by atoms with van der Waals surface area (Å²) in [4.78, 5) is 124. The van der Waals surface area contributed by atoms with Crippen molar-refractivity contribution in [1.29, 1.82) is 0 Å². The lowest BCUT2D eigenvalue weighted by molar-refractivity contribution is -0.140. The van der Waals surface area contributed by atoms with E-state index < -0.39 is 40.9 Å². The van der Waals surface area contributed by atoms with E-state index in [1.165, 1.54) is 25.3 Å². The second-order valence-corrected chi connectivity index (χ2v) is 26.3. The van der Waals surface area contributed by atoms with Crippen LogP contribution in [0.15, 0.2) is 66.9 Å². The predicted octanol–water partition coefficient (Wildman–Crippen LogP) is 8.76. The number of pyridine rings is 1. The summed E-state index contributed by atoms with van der Waals surface area (Å²) in [5.74, 6) is -2.99. The number of amides is 8. The topological polar surface area (TPSA) is 219 Å². The number of nitrogens with one attached hydrogen (secondary N) is 4. The second kappa shape index (κ2) is 22.9. The molecule has 456 valence electrons. The van der Waals surface area contributed by atoms with E-state index in [9.17, 15) is 33.6 Å². The fourth-order valence-electron chi connectivity index (χ4n) is 15.4. The number of aromatic nitrogens is 2. The highest BCUT2D eigenvalue weighted by molar-refractivity contribution is 6.25. The number of halogens is 1. The van der Waals surface area contributed by atoms with E-state index in [0.29, 0.717) is 105 Å². The molecule has 0 radical (unpaired) electrons. The Morgan fingerprint density at radius 3 is 2.22 bits per heavy atom. The van der Waals surface area contributed by atoms with E-state index in [-0.39, 0.29) is 89.3 Å². The SMILES string of the molecule is Cc1cc(F)c(Nc2nc(-c3ccc4c(c3)N(C3CC(N5CCCCC5)C3)C(=O)C43CCN(C(=O)C4CCN(C(=O)[C@H]5CC[C@@H](Nc6cccc7c6C(=O)N(C6CCC(=O)NC6=O)C7=O)CC5)C4)CC3)cc3ccn(C(C)C)c23)cc1C(=O)NC(C)C. The Morgan fingerprint density at radius 1 is 0.747 bits per heavy atom. The van der Waals surface area contributed by atoms with Crippen LogP contribution in [0.4, 0.5) is 27.3 Å². The third-order valence-electron chi connectivity index (χ3n) is 20.2. The van der Waals surface area contributed by atoms with Gasteiger partial charge in [0.15, 0.2) is 5.82 Å². The van der Waals surface area contributed by atoms with E-state index in [4.69, 9.17) is 4.98 Å². The molecule has 6 aliphatic heterocycles. The van der Waals surface area contributed by atoms with Crippen molar-refractivity contribution >= 4 is 81.0 Å². The Balaban J connectivity index is 0.691. The third-order valence-corrected chi connectivity index (χ3v) is 20.2. The molecule has 19 nitrogen and oxygen atoms in total. The summed E-state index contributed by atoms with van der Waals surface area (Å²) in [6.45, 7) is 13.5. The molecule has 1 spiro atoms. The number of piperidine rings is 3. The number of rotatable bonds is 13. The smallest absolute Gasteiger partial charge is 0.264 e. The maximum absolute atomic E-state index is 16.0. The Kier molecular flexibility index (Phi) is 15.3. The van der Waals surface area contributed by atoms with Gasteiger partial charge in [-0.25, -0.2) is 9.37 Å². The Morgan fingerprint density at radius 2 is 1.49 bits per heavy atom. The maximum atomic E-state index is 16.0. The highest BCUT2D eigenvalue weighted by Gasteiger charge is 2.56. The number of benzene rings is 3. The van der Waals surface area contributed by atoms with Crippen molar-refractivity contribution in [2.24, 2.45) is 11.8 Å². The lowest BCUT2D eigenvalue weighted by atomic mass is 9.73. The standard InChI is InChI=1S/C67H78FN11O8/c1-37(2)69-60(81)48-35-53(50(68)30-39(48)5)72-59-58-42(21-27-77(58)38(3)4)31-52(71-59)41-14-17-49-55(32-41)78(46-33-45(34-46)74-24-7-6-8-25-74)66(87)67(49)22-28-75(29-23-67)63(84)43-20-26-76(36-43)62(83)40-12-15-44(16-13-40)70-51-11-9-10-47-57(51)65(86)79(64(47)85)54-18-19-56(80)73-61(54)82/h9-11,14,17,21,27,30-32,35,37-38,40,43-46,54,70H,6-8,12-13,15-16,18-20,22-26,28-29,33-34,36H2,1-5H3,(H,69,81)(H,71,72)(H,73,80,82)/t40-,43?,44+,45?,46?,54?. The van der Waals surface area contributed by atoms with Gasteiger partial charge in [0.05, 0.1) is 39.4 Å². The van der Waals surface area contributed by atoms with Crippen LogP contribution in [0.25, 0.3) is 22.2 Å². The van der Waals surface area contributed by atoms with Gasteiger partial charge in [0.1, 0.15) is 11.9 Å². The first kappa shape index (κ1) is 58.0. The zero-order valence-corrected chi connectivity index (χ0v) is 50.4. The van der Waals surface area contributed by atoms with Crippen molar-refractivity contribution < 1.29 is 42.7 Å². The van der Waals surface area contributed by atoms with Gasteiger partial charge in [0.2, 0.25) is 29.5 Å². The molecule has 3 aromatic carbocycles. The molecule has 13 rings (SSSR count). The van der Waals surface area contributed by atoms with Gasteiger partial charge >= 0.3 is 0 Å².